The van der Waals surface area contributed by atoms with Crippen LogP contribution in [0.25, 0.3) is 0 Å². The zero-order valence-corrected chi connectivity index (χ0v) is 15.3. The van der Waals surface area contributed by atoms with Crippen molar-refractivity contribution >= 4 is 17.4 Å². The molecular weight excluding hydrogens is 338 g/mol. The lowest BCUT2D eigenvalue weighted by Crippen LogP contribution is -2.13. The van der Waals surface area contributed by atoms with Gasteiger partial charge in [0.2, 0.25) is 0 Å². The Labute approximate surface area is 159 Å². The van der Waals surface area contributed by atoms with Gasteiger partial charge in [-0.05, 0) is 42.7 Å². The Morgan fingerprint density at radius 2 is 1.81 bits per heavy atom. The number of pyridine rings is 1. The summed E-state index contributed by atoms with van der Waals surface area (Å²) in [5.41, 5.74) is 2.50. The van der Waals surface area contributed by atoms with E-state index in [1.807, 2.05) is 36.4 Å². The normalized spacial score (nSPS) is 10.3. The van der Waals surface area contributed by atoms with Crippen molar-refractivity contribution in [2.75, 3.05) is 24.3 Å². The lowest BCUT2D eigenvalue weighted by atomic mass is 10.1. The van der Waals surface area contributed by atoms with Crippen LogP contribution in [0.15, 0.2) is 72.9 Å². The van der Waals surface area contributed by atoms with Crippen molar-refractivity contribution < 1.29 is 9.53 Å². The van der Waals surface area contributed by atoms with Crippen molar-refractivity contribution in [3.63, 3.8) is 0 Å². The number of carbonyl (C=O) groups is 1. The van der Waals surface area contributed by atoms with Gasteiger partial charge in [-0.25, -0.2) is 4.98 Å². The quantitative estimate of drug-likeness (QED) is 0.584. The van der Waals surface area contributed by atoms with Gasteiger partial charge in [-0.15, -0.1) is 0 Å². The number of amides is 1. The number of benzene rings is 2. The predicted molar refractivity (Wildman–Crippen MR) is 108 cm³/mol. The molecule has 0 fully saturated rings. The lowest BCUT2D eigenvalue weighted by Gasteiger charge is -2.11. The van der Waals surface area contributed by atoms with Crippen LogP contribution < -0.4 is 15.4 Å². The van der Waals surface area contributed by atoms with Gasteiger partial charge >= 0.3 is 0 Å². The van der Waals surface area contributed by atoms with E-state index < -0.39 is 0 Å². The Morgan fingerprint density at radius 1 is 1.04 bits per heavy atom. The summed E-state index contributed by atoms with van der Waals surface area (Å²) in [6, 6.07) is 21.1. The summed E-state index contributed by atoms with van der Waals surface area (Å²) in [6.07, 6.45) is 3.63. The molecular formula is C22H23N3O2. The average Bonchev–Trinajstić information content (AvgIpc) is 2.72. The second-order valence-corrected chi connectivity index (χ2v) is 6.10. The molecule has 1 aromatic heterocycles. The topological polar surface area (TPSA) is 63.2 Å². The summed E-state index contributed by atoms with van der Waals surface area (Å²) in [7, 11) is 1.58. The maximum Gasteiger partial charge on any atom is 0.255 e. The highest BCUT2D eigenvalue weighted by Gasteiger charge is 2.10. The molecule has 3 aromatic rings. The Balaban J connectivity index is 1.55. The molecule has 1 amide bonds. The minimum absolute atomic E-state index is 0.200. The maximum absolute atomic E-state index is 12.5. The first-order valence-electron chi connectivity index (χ1n) is 8.94. The third kappa shape index (κ3) is 5.31. The lowest BCUT2D eigenvalue weighted by molar-refractivity contribution is 0.102. The Hall–Kier alpha value is -3.34. The minimum atomic E-state index is -0.200. The van der Waals surface area contributed by atoms with Crippen LogP contribution in [0.1, 0.15) is 22.3 Å². The third-order valence-electron chi connectivity index (χ3n) is 4.17. The van der Waals surface area contributed by atoms with Gasteiger partial charge in [0.05, 0.1) is 12.8 Å². The molecule has 0 atom stereocenters. The van der Waals surface area contributed by atoms with Crippen LogP contribution in [0.3, 0.4) is 0 Å². The molecule has 5 heteroatoms. The van der Waals surface area contributed by atoms with Crippen LogP contribution >= 0.6 is 0 Å². The van der Waals surface area contributed by atoms with Gasteiger partial charge in [-0.3, -0.25) is 4.79 Å². The zero-order chi connectivity index (χ0) is 18.9. The van der Waals surface area contributed by atoms with E-state index in [9.17, 15) is 4.79 Å². The van der Waals surface area contributed by atoms with E-state index in [0.29, 0.717) is 22.8 Å². The smallest absolute Gasteiger partial charge is 0.255 e. The summed E-state index contributed by atoms with van der Waals surface area (Å²) >= 11 is 0. The van der Waals surface area contributed by atoms with Gasteiger partial charge in [-0.2, -0.15) is 0 Å². The molecule has 0 bridgehead atoms. The van der Waals surface area contributed by atoms with Crippen LogP contribution in [0.4, 0.5) is 11.5 Å². The van der Waals surface area contributed by atoms with Gasteiger partial charge < -0.3 is 15.4 Å². The van der Waals surface area contributed by atoms with E-state index >= 15 is 0 Å². The van der Waals surface area contributed by atoms with E-state index in [1.165, 1.54) is 5.56 Å². The highest BCUT2D eigenvalue weighted by molar-refractivity contribution is 6.05. The number of para-hydroxylation sites is 2. The van der Waals surface area contributed by atoms with Crippen molar-refractivity contribution in [2.24, 2.45) is 0 Å². The fraction of sp³-hybridized carbons (Fsp3) is 0.182. The van der Waals surface area contributed by atoms with E-state index in [2.05, 4.69) is 27.8 Å². The fourth-order valence-electron chi connectivity index (χ4n) is 2.76. The number of rotatable bonds is 8. The molecule has 0 saturated heterocycles. The molecule has 2 N–H and O–H groups in total. The molecule has 0 saturated carbocycles. The summed E-state index contributed by atoms with van der Waals surface area (Å²) in [4.78, 5) is 16.8. The third-order valence-corrected chi connectivity index (χ3v) is 4.17. The zero-order valence-electron chi connectivity index (χ0n) is 15.3. The van der Waals surface area contributed by atoms with Crippen molar-refractivity contribution in [1.29, 1.82) is 0 Å². The Morgan fingerprint density at radius 3 is 2.63 bits per heavy atom. The van der Waals surface area contributed by atoms with Crippen molar-refractivity contribution in [3.8, 4) is 5.75 Å². The number of nitrogens with one attached hydrogen (secondary N) is 2. The number of methoxy groups -OCH3 is 1. The molecule has 138 valence electrons. The SMILES string of the molecule is COc1ccccc1NC(=O)c1ccnc(NCCCc2ccccc2)c1. The predicted octanol–water partition coefficient (Wildman–Crippen LogP) is 4.39. The molecule has 0 aliphatic heterocycles. The van der Waals surface area contributed by atoms with Gasteiger partial charge in [0.25, 0.3) is 5.91 Å². The molecule has 0 aliphatic rings. The largest absolute Gasteiger partial charge is 0.495 e. The minimum Gasteiger partial charge on any atom is -0.495 e. The molecule has 0 aliphatic carbocycles. The van der Waals surface area contributed by atoms with Crippen molar-refractivity contribution in [1.82, 2.24) is 4.98 Å². The number of hydrogen-bond donors (Lipinski definition) is 2. The standard InChI is InChI=1S/C22H23N3O2/c1-27-20-12-6-5-11-19(20)25-22(26)18-13-15-24-21(16-18)23-14-7-10-17-8-3-2-4-9-17/h2-6,8-9,11-13,15-16H,7,10,14H2,1H3,(H,23,24)(H,25,26). The second kappa shape index (κ2) is 9.38. The number of aryl methyl sites for hydroxylation is 1. The van der Waals surface area contributed by atoms with E-state index in [-0.39, 0.29) is 5.91 Å². The second-order valence-electron chi connectivity index (χ2n) is 6.10. The van der Waals surface area contributed by atoms with Gasteiger partial charge in [0, 0.05) is 18.3 Å². The van der Waals surface area contributed by atoms with Crippen LogP contribution in [-0.2, 0) is 6.42 Å². The number of nitrogens with zero attached hydrogens (tertiary/aromatic N) is 1. The number of aromatic nitrogens is 1. The van der Waals surface area contributed by atoms with Crippen LogP contribution in [0.2, 0.25) is 0 Å². The number of hydrogen-bond acceptors (Lipinski definition) is 4. The fourth-order valence-corrected chi connectivity index (χ4v) is 2.76. The summed E-state index contributed by atoms with van der Waals surface area (Å²) in [5, 5.41) is 6.16. The monoisotopic (exact) mass is 361 g/mol. The number of anilines is 2. The molecule has 0 unspecified atom stereocenters. The van der Waals surface area contributed by atoms with Gasteiger partial charge in [0.1, 0.15) is 11.6 Å². The van der Waals surface area contributed by atoms with Gasteiger partial charge in [-0.1, -0.05) is 42.5 Å². The molecule has 0 spiro atoms. The summed E-state index contributed by atoms with van der Waals surface area (Å²) in [6.45, 7) is 0.791. The van der Waals surface area contributed by atoms with Gasteiger partial charge in [0.15, 0.2) is 0 Å². The first-order chi connectivity index (χ1) is 13.3. The molecule has 27 heavy (non-hydrogen) atoms. The summed E-state index contributed by atoms with van der Waals surface area (Å²) < 4.78 is 5.27. The highest BCUT2D eigenvalue weighted by atomic mass is 16.5. The van der Waals surface area contributed by atoms with Crippen molar-refractivity contribution in [3.05, 3.63) is 84.1 Å². The van der Waals surface area contributed by atoms with Crippen LogP contribution in [-0.4, -0.2) is 24.5 Å². The number of ether oxygens (including phenoxy) is 1. The average molecular weight is 361 g/mol. The van der Waals surface area contributed by atoms with E-state index in [1.54, 1.807) is 31.5 Å². The van der Waals surface area contributed by atoms with Crippen LogP contribution in [0.5, 0.6) is 5.75 Å². The summed E-state index contributed by atoms with van der Waals surface area (Å²) in [5.74, 6) is 1.11. The van der Waals surface area contributed by atoms with E-state index in [0.717, 1.165) is 19.4 Å². The maximum atomic E-state index is 12.5. The Kier molecular flexibility index (Phi) is 6.41. The van der Waals surface area contributed by atoms with Crippen LogP contribution in [0, 0.1) is 0 Å². The molecule has 2 aromatic carbocycles. The first-order valence-corrected chi connectivity index (χ1v) is 8.94. The Bertz CT molecular complexity index is 881. The molecule has 5 nitrogen and oxygen atoms in total. The molecule has 1 heterocycles. The van der Waals surface area contributed by atoms with Crippen molar-refractivity contribution in [2.45, 2.75) is 12.8 Å². The molecule has 0 radical (unpaired) electrons. The van der Waals surface area contributed by atoms with E-state index in [4.69, 9.17) is 4.74 Å². The number of carbonyl (C=O) groups excluding carboxylic acids is 1. The first kappa shape index (κ1) is 18.5. The molecule has 3 rings (SSSR count). The highest BCUT2D eigenvalue weighted by Crippen LogP contribution is 2.23.